The Morgan fingerprint density at radius 1 is 1.27 bits per heavy atom. The molecular formula is C15H12BrN5O. The molecule has 4 rings (SSSR count). The number of aromatic nitrogens is 5. The fourth-order valence-electron chi connectivity index (χ4n) is 2.63. The van der Waals surface area contributed by atoms with Gasteiger partial charge in [-0.15, -0.1) is 0 Å². The summed E-state index contributed by atoms with van der Waals surface area (Å²) in [7, 11) is 0. The highest BCUT2D eigenvalue weighted by atomic mass is 79.9. The Bertz CT molecular complexity index is 939. The van der Waals surface area contributed by atoms with Gasteiger partial charge in [0.15, 0.2) is 5.52 Å². The van der Waals surface area contributed by atoms with Crippen LogP contribution in [0.25, 0.3) is 11.0 Å². The molecule has 0 spiro atoms. The van der Waals surface area contributed by atoms with Crippen molar-refractivity contribution in [1.82, 2.24) is 24.9 Å². The zero-order valence-corrected chi connectivity index (χ0v) is 13.3. The second-order valence-corrected chi connectivity index (χ2v) is 6.39. The van der Waals surface area contributed by atoms with Crippen LogP contribution in [0.2, 0.25) is 0 Å². The summed E-state index contributed by atoms with van der Waals surface area (Å²) in [6.07, 6.45) is 4.27. The lowest BCUT2D eigenvalue weighted by Crippen LogP contribution is -2.13. The minimum atomic E-state index is -0.205. The van der Waals surface area contributed by atoms with Crippen molar-refractivity contribution in [2.24, 2.45) is 0 Å². The zero-order chi connectivity index (χ0) is 15.3. The molecule has 7 heteroatoms. The van der Waals surface area contributed by atoms with Gasteiger partial charge in [0.1, 0.15) is 11.6 Å². The van der Waals surface area contributed by atoms with Crippen LogP contribution in [0.1, 0.15) is 35.6 Å². The molecule has 2 atom stereocenters. The predicted molar refractivity (Wildman–Crippen MR) is 84.7 cm³/mol. The van der Waals surface area contributed by atoms with Crippen LogP contribution < -0.4 is 5.56 Å². The van der Waals surface area contributed by atoms with E-state index in [1.807, 2.05) is 19.1 Å². The summed E-state index contributed by atoms with van der Waals surface area (Å²) < 4.78 is 0.804. The molecule has 1 N–H and O–H groups in total. The van der Waals surface area contributed by atoms with Gasteiger partial charge < -0.3 is 4.98 Å². The number of hydrogen-bond acceptors (Lipinski definition) is 5. The molecule has 1 aliphatic rings. The van der Waals surface area contributed by atoms with Gasteiger partial charge in [-0.2, -0.15) is 0 Å². The van der Waals surface area contributed by atoms with Crippen LogP contribution in [0.15, 0.2) is 33.8 Å². The van der Waals surface area contributed by atoms with Crippen molar-refractivity contribution in [1.29, 1.82) is 0 Å². The van der Waals surface area contributed by atoms with Gasteiger partial charge in [-0.25, -0.2) is 19.9 Å². The fourth-order valence-corrected chi connectivity index (χ4v) is 2.95. The van der Waals surface area contributed by atoms with Crippen molar-refractivity contribution in [3.05, 3.63) is 56.7 Å². The van der Waals surface area contributed by atoms with E-state index in [2.05, 4.69) is 40.8 Å². The molecule has 3 aromatic rings. The van der Waals surface area contributed by atoms with Crippen LogP contribution in [-0.2, 0) is 0 Å². The number of nitrogens with zero attached hydrogens (tertiary/aromatic N) is 4. The maximum absolute atomic E-state index is 12.1. The van der Waals surface area contributed by atoms with E-state index >= 15 is 0 Å². The van der Waals surface area contributed by atoms with Gasteiger partial charge in [0.05, 0.1) is 5.52 Å². The molecule has 1 saturated carbocycles. The fraction of sp³-hybridized carbons (Fsp3) is 0.267. The molecule has 3 aromatic heterocycles. The molecule has 1 aliphatic carbocycles. The van der Waals surface area contributed by atoms with Crippen LogP contribution >= 0.6 is 15.9 Å². The first-order valence-electron chi connectivity index (χ1n) is 6.97. The van der Waals surface area contributed by atoms with Gasteiger partial charge in [-0.3, -0.25) is 4.79 Å². The van der Waals surface area contributed by atoms with Gasteiger partial charge in [-0.05, 0) is 41.4 Å². The molecular weight excluding hydrogens is 346 g/mol. The van der Waals surface area contributed by atoms with E-state index < -0.39 is 0 Å². The lowest BCUT2D eigenvalue weighted by molar-refractivity contribution is 0.839. The maximum Gasteiger partial charge on any atom is 0.277 e. The molecule has 6 nitrogen and oxygen atoms in total. The summed E-state index contributed by atoms with van der Waals surface area (Å²) in [5.41, 5.74) is 1.70. The minimum absolute atomic E-state index is 0.165. The molecule has 0 radical (unpaired) electrons. The average Bonchev–Trinajstić information content (AvgIpc) is 3.27. The van der Waals surface area contributed by atoms with Gasteiger partial charge >= 0.3 is 0 Å². The molecule has 1 fully saturated rings. The van der Waals surface area contributed by atoms with Gasteiger partial charge in [0, 0.05) is 34.4 Å². The Morgan fingerprint density at radius 3 is 2.95 bits per heavy atom. The molecule has 0 aliphatic heterocycles. The topological polar surface area (TPSA) is 84.4 Å². The van der Waals surface area contributed by atoms with Crippen LogP contribution in [0, 0.1) is 6.92 Å². The van der Waals surface area contributed by atoms with Crippen molar-refractivity contribution in [3.63, 3.8) is 0 Å². The number of aromatic amines is 1. The minimum Gasteiger partial charge on any atom is -0.308 e. The largest absolute Gasteiger partial charge is 0.308 e. The molecule has 0 aromatic carbocycles. The van der Waals surface area contributed by atoms with Gasteiger partial charge in [0.2, 0.25) is 0 Å². The third kappa shape index (κ3) is 2.31. The van der Waals surface area contributed by atoms with Crippen LogP contribution in [0.3, 0.4) is 0 Å². The quantitative estimate of drug-likeness (QED) is 0.761. The summed E-state index contributed by atoms with van der Waals surface area (Å²) in [4.78, 5) is 32.4. The molecule has 0 bridgehead atoms. The van der Waals surface area contributed by atoms with E-state index in [0.29, 0.717) is 16.9 Å². The SMILES string of the molecule is Cc1ccnc([C@H]2C[C@@H]2c2nc3cc(Br)cnc3c(=O)[nH]2)n1. The second-order valence-electron chi connectivity index (χ2n) is 5.48. The van der Waals surface area contributed by atoms with E-state index in [-0.39, 0.29) is 17.4 Å². The van der Waals surface area contributed by atoms with Crippen LogP contribution in [0.4, 0.5) is 0 Å². The molecule has 0 amide bonds. The van der Waals surface area contributed by atoms with E-state index in [1.54, 1.807) is 12.4 Å². The third-order valence-corrected chi connectivity index (χ3v) is 4.25. The van der Waals surface area contributed by atoms with E-state index in [4.69, 9.17) is 0 Å². The summed E-state index contributed by atoms with van der Waals surface area (Å²) in [5, 5.41) is 0. The monoisotopic (exact) mass is 357 g/mol. The second kappa shape index (κ2) is 4.95. The Kier molecular flexibility index (Phi) is 3.04. The first-order valence-corrected chi connectivity index (χ1v) is 7.76. The number of nitrogens with one attached hydrogen (secondary N) is 1. The normalized spacial score (nSPS) is 20.3. The highest BCUT2D eigenvalue weighted by Gasteiger charge is 2.43. The highest BCUT2D eigenvalue weighted by molar-refractivity contribution is 9.10. The summed E-state index contributed by atoms with van der Waals surface area (Å²) in [5.74, 6) is 1.89. The molecule has 0 saturated heterocycles. The van der Waals surface area contributed by atoms with Crippen LogP contribution in [0.5, 0.6) is 0 Å². The first kappa shape index (κ1) is 13.5. The summed E-state index contributed by atoms with van der Waals surface area (Å²) in [6.45, 7) is 1.95. The number of rotatable bonds is 2. The number of halogens is 1. The van der Waals surface area contributed by atoms with E-state index in [0.717, 1.165) is 22.4 Å². The number of pyridine rings is 1. The lowest BCUT2D eigenvalue weighted by Gasteiger charge is -2.03. The number of hydrogen-bond donors (Lipinski definition) is 1. The average molecular weight is 358 g/mol. The first-order chi connectivity index (χ1) is 10.6. The van der Waals surface area contributed by atoms with Crippen molar-refractivity contribution in [2.75, 3.05) is 0 Å². The van der Waals surface area contributed by atoms with Crippen LogP contribution in [-0.4, -0.2) is 24.9 Å². The maximum atomic E-state index is 12.1. The van der Waals surface area contributed by atoms with Crippen molar-refractivity contribution < 1.29 is 0 Å². The Balaban J connectivity index is 1.72. The number of aryl methyl sites for hydroxylation is 1. The smallest absolute Gasteiger partial charge is 0.277 e. The zero-order valence-electron chi connectivity index (χ0n) is 11.7. The molecule has 110 valence electrons. The van der Waals surface area contributed by atoms with Gasteiger partial charge in [-0.1, -0.05) is 0 Å². The van der Waals surface area contributed by atoms with E-state index in [1.165, 1.54) is 0 Å². The van der Waals surface area contributed by atoms with Crippen molar-refractivity contribution in [2.45, 2.75) is 25.2 Å². The number of H-pyrrole nitrogens is 1. The van der Waals surface area contributed by atoms with Gasteiger partial charge in [0.25, 0.3) is 5.56 Å². The summed E-state index contributed by atoms with van der Waals surface area (Å²) >= 11 is 3.36. The van der Waals surface area contributed by atoms with Crippen molar-refractivity contribution in [3.8, 4) is 0 Å². The predicted octanol–water partition coefficient (Wildman–Crippen LogP) is 2.45. The molecule has 22 heavy (non-hydrogen) atoms. The standard InChI is InChI=1S/C15H12BrN5O/c1-7-2-3-17-13(19-7)9-5-10(9)14-20-11-4-8(16)6-18-12(11)15(22)21-14/h2-4,6,9-10H,5H2,1H3,(H,20,21,22)/t9-,10-/m0/s1. The summed E-state index contributed by atoms with van der Waals surface area (Å²) in [6, 6.07) is 3.68. The van der Waals surface area contributed by atoms with E-state index in [9.17, 15) is 4.79 Å². The molecule has 3 heterocycles. The molecule has 0 unspecified atom stereocenters. The number of fused-ring (bicyclic) bond motifs is 1. The third-order valence-electron chi connectivity index (χ3n) is 3.82. The Labute approximate surface area is 134 Å². The van der Waals surface area contributed by atoms with Crippen molar-refractivity contribution >= 4 is 27.0 Å². The lowest BCUT2D eigenvalue weighted by atomic mass is 10.2. The highest BCUT2D eigenvalue weighted by Crippen LogP contribution is 2.52. The Morgan fingerprint density at radius 2 is 2.14 bits per heavy atom. The Hall–Kier alpha value is -2.15.